The number of carboxylic acids is 1. The van der Waals surface area contributed by atoms with E-state index in [1.54, 1.807) is 0 Å². The van der Waals surface area contributed by atoms with Crippen LogP contribution in [0.1, 0.15) is 18.4 Å². The number of halogens is 3. The zero-order valence-corrected chi connectivity index (χ0v) is 13.0. The van der Waals surface area contributed by atoms with Crippen LogP contribution in [-0.2, 0) is 15.8 Å². The minimum absolute atomic E-state index is 0.0342. The van der Waals surface area contributed by atoms with Crippen molar-refractivity contribution in [2.24, 2.45) is 0 Å². The molecule has 7 nitrogen and oxygen atoms in total. The number of amides is 3. The molecule has 2 rings (SSSR count). The number of aliphatic carboxylic acids is 1. The van der Waals surface area contributed by atoms with Gasteiger partial charge in [0.2, 0.25) is 5.91 Å². The molecule has 1 aliphatic heterocycles. The molecule has 0 radical (unpaired) electrons. The highest BCUT2D eigenvalue weighted by Crippen LogP contribution is 2.32. The van der Waals surface area contributed by atoms with Gasteiger partial charge in [-0.25, -0.2) is 4.79 Å². The highest BCUT2D eigenvalue weighted by Gasteiger charge is 2.34. The molecule has 1 unspecified atom stereocenters. The summed E-state index contributed by atoms with van der Waals surface area (Å²) < 4.78 is 38.3. The van der Waals surface area contributed by atoms with Crippen LogP contribution >= 0.6 is 0 Å². The number of alkyl halides is 3. The van der Waals surface area contributed by atoms with E-state index in [4.69, 9.17) is 5.11 Å². The molecule has 0 aromatic heterocycles. The van der Waals surface area contributed by atoms with Gasteiger partial charge in [0.05, 0.1) is 18.0 Å². The summed E-state index contributed by atoms with van der Waals surface area (Å²) in [5, 5.41) is 13.3. The van der Waals surface area contributed by atoms with E-state index in [1.165, 1.54) is 17.0 Å². The van der Waals surface area contributed by atoms with Crippen molar-refractivity contribution in [3.8, 4) is 0 Å². The third kappa shape index (κ3) is 5.10. The van der Waals surface area contributed by atoms with E-state index >= 15 is 0 Å². The second kappa shape index (κ2) is 7.41. The fraction of sp³-hybridized carbons (Fsp3) is 0.400. The van der Waals surface area contributed by atoms with Gasteiger partial charge >= 0.3 is 18.2 Å². The summed E-state index contributed by atoms with van der Waals surface area (Å²) in [5.74, 6) is -1.47. The molecule has 1 aliphatic rings. The smallest absolute Gasteiger partial charge is 0.416 e. The van der Waals surface area contributed by atoms with E-state index in [0.29, 0.717) is 0 Å². The van der Waals surface area contributed by atoms with Crippen LogP contribution < -0.4 is 15.5 Å². The second-order valence-corrected chi connectivity index (χ2v) is 5.50. The third-order valence-corrected chi connectivity index (χ3v) is 3.57. The number of anilines is 1. The van der Waals surface area contributed by atoms with E-state index in [1.807, 2.05) is 0 Å². The van der Waals surface area contributed by atoms with E-state index in [9.17, 15) is 27.6 Å². The third-order valence-electron chi connectivity index (χ3n) is 3.57. The van der Waals surface area contributed by atoms with Gasteiger partial charge in [0.25, 0.3) is 0 Å². The fourth-order valence-corrected chi connectivity index (χ4v) is 2.42. The number of hydrogen-bond acceptors (Lipinski definition) is 3. The predicted molar refractivity (Wildman–Crippen MR) is 81.0 cm³/mol. The Morgan fingerprint density at radius 1 is 1.32 bits per heavy atom. The molecule has 25 heavy (non-hydrogen) atoms. The van der Waals surface area contributed by atoms with Crippen LogP contribution in [0, 0.1) is 0 Å². The van der Waals surface area contributed by atoms with Gasteiger partial charge in [-0.2, -0.15) is 13.2 Å². The molecule has 3 amide bonds. The lowest BCUT2D eigenvalue weighted by molar-refractivity contribution is -0.138. The summed E-state index contributed by atoms with van der Waals surface area (Å²) >= 11 is 0. The number of hydrogen-bond donors (Lipinski definition) is 3. The Kier molecular flexibility index (Phi) is 5.50. The normalized spacial score (nSPS) is 17.5. The highest BCUT2D eigenvalue weighted by molar-refractivity contribution is 5.96. The molecule has 1 heterocycles. The molecule has 1 atom stereocenters. The largest absolute Gasteiger partial charge is 0.481 e. The van der Waals surface area contributed by atoms with Crippen molar-refractivity contribution < 1.29 is 32.7 Å². The number of carboxylic acid groups (broad SMARTS) is 1. The van der Waals surface area contributed by atoms with E-state index in [2.05, 4.69) is 10.6 Å². The summed E-state index contributed by atoms with van der Waals surface area (Å²) in [6, 6.07) is 3.19. The molecule has 0 bridgehead atoms. The molecule has 1 fully saturated rings. The quantitative estimate of drug-likeness (QED) is 0.743. The van der Waals surface area contributed by atoms with Crippen LogP contribution in [0.4, 0.5) is 23.7 Å². The van der Waals surface area contributed by atoms with Gasteiger partial charge in [0, 0.05) is 25.2 Å². The van der Waals surface area contributed by atoms with Gasteiger partial charge in [0.15, 0.2) is 0 Å². The van der Waals surface area contributed by atoms with Crippen molar-refractivity contribution in [3.05, 3.63) is 29.8 Å². The van der Waals surface area contributed by atoms with Gasteiger partial charge in [0.1, 0.15) is 0 Å². The van der Waals surface area contributed by atoms with Crippen LogP contribution in [-0.4, -0.2) is 42.1 Å². The number of nitrogens with one attached hydrogen (secondary N) is 2. The summed E-state index contributed by atoms with van der Waals surface area (Å²) in [6.07, 6.45) is -4.81. The van der Waals surface area contributed by atoms with Crippen molar-refractivity contribution in [1.29, 1.82) is 0 Å². The van der Waals surface area contributed by atoms with Crippen molar-refractivity contribution in [2.75, 3.05) is 18.0 Å². The molecule has 0 spiro atoms. The zero-order chi connectivity index (χ0) is 18.6. The number of urea groups is 1. The van der Waals surface area contributed by atoms with Crippen molar-refractivity contribution in [1.82, 2.24) is 10.6 Å². The van der Waals surface area contributed by atoms with E-state index in [0.717, 1.165) is 12.1 Å². The zero-order valence-electron chi connectivity index (χ0n) is 13.0. The van der Waals surface area contributed by atoms with Gasteiger partial charge in [-0.15, -0.1) is 0 Å². The molecule has 3 N–H and O–H groups in total. The average Bonchev–Trinajstić information content (AvgIpc) is 2.86. The van der Waals surface area contributed by atoms with Gasteiger partial charge < -0.3 is 20.6 Å². The Hall–Kier alpha value is -2.78. The topological polar surface area (TPSA) is 98.7 Å². The minimum Gasteiger partial charge on any atom is -0.481 e. The van der Waals surface area contributed by atoms with Crippen molar-refractivity contribution in [2.45, 2.75) is 25.1 Å². The SMILES string of the molecule is O=C(O)CCNC(=O)NC1CC(=O)N(c2cccc(C(F)(F)F)c2)C1. The van der Waals surface area contributed by atoms with Crippen LogP contribution in [0.15, 0.2) is 24.3 Å². The maximum absolute atomic E-state index is 12.8. The summed E-state index contributed by atoms with van der Waals surface area (Å²) in [6.45, 7) is -0.0360. The number of benzene rings is 1. The van der Waals surface area contributed by atoms with E-state index in [-0.39, 0.29) is 31.6 Å². The lowest BCUT2D eigenvalue weighted by atomic mass is 10.2. The molecule has 0 aliphatic carbocycles. The second-order valence-electron chi connectivity index (χ2n) is 5.50. The van der Waals surface area contributed by atoms with Gasteiger partial charge in [-0.05, 0) is 18.2 Å². The molecule has 1 aromatic carbocycles. The summed E-state index contributed by atoms with van der Waals surface area (Å²) in [7, 11) is 0. The Bertz CT molecular complexity index is 678. The Balaban J connectivity index is 1.96. The molecule has 1 saturated heterocycles. The lowest BCUT2D eigenvalue weighted by Gasteiger charge is -2.19. The summed E-state index contributed by atoms with van der Waals surface area (Å²) in [4.78, 5) is 35.2. The van der Waals surface area contributed by atoms with Crippen LogP contribution in [0.25, 0.3) is 0 Å². The van der Waals surface area contributed by atoms with Gasteiger partial charge in [-0.1, -0.05) is 6.07 Å². The van der Waals surface area contributed by atoms with Crippen molar-refractivity contribution in [3.63, 3.8) is 0 Å². The molecular weight excluding hydrogens is 343 g/mol. The average molecular weight is 359 g/mol. The van der Waals surface area contributed by atoms with Gasteiger partial charge in [-0.3, -0.25) is 9.59 Å². The standard InChI is InChI=1S/C15H16F3N3O4/c16-15(17,18)9-2-1-3-11(6-9)21-8-10(7-12(21)22)20-14(25)19-5-4-13(23)24/h1-3,6,10H,4-5,7-8H2,(H,23,24)(H2,19,20,25). The lowest BCUT2D eigenvalue weighted by Crippen LogP contribution is -2.43. The highest BCUT2D eigenvalue weighted by atomic mass is 19.4. The monoisotopic (exact) mass is 359 g/mol. The molecule has 1 aromatic rings. The molecular formula is C15H16F3N3O4. The maximum atomic E-state index is 12.8. The van der Waals surface area contributed by atoms with Crippen LogP contribution in [0.2, 0.25) is 0 Å². The first kappa shape index (κ1) is 18.6. The van der Waals surface area contributed by atoms with E-state index < -0.39 is 35.7 Å². The first-order valence-corrected chi connectivity index (χ1v) is 7.40. The fourth-order valence-electron chi connectivity index (χ4n) is 2.42. The maximum Gasteiger partial charge on any atom is 0.416 e. The number of nitrogens with zero attached hydrogens (tertiary/aromatic N) is 1. The predicted octanol–water partition coefficient (Wildman–Crippen LogP) is 1.58. The minimum atomic E-state index is -4.51. The van der Waals surface area contributed by atoms with Crippen LogP contribution in [0.3, 0.4) is 0 Å². The van der Waals surface area contributed by atoms with Crippen LogP contribution in [0.5, 0.6) is 0 Å². The number of carbonyl (C=O) groups is 3. The molecule has 136 valence electrons. The Morgan fingerprint density at radius 2 is 2.04 bits per heavy atom. The Labute approximate surface area is 140 Å². The molecule has 0 saturated carbocycles. The Morgan fingerprint density at radius 3 is 2.68 bits per heavy atom. The first-order chi connectivity index (χ1) is 11.7. The first-order valence-electron chi connectivity index (χ1n) is 7.40. The summed E-state index contributed by atoms with van der Waals surface area (Å²) in [5.41, 5.74) is -0.754. The number of rotatable bonds is 5. The number of carbonyl (C=O) groups excluding carboxylic acids is 2. The van der Waals surface area contributed by atoms with Crippen molar-refractivity contribution >= 4 is 23.6 Å². The molecule has 10 heteroatoms.